The number of methoxy groups -OCH3 is 1. The standard InChI is InChI=1S/C27H31ClF3NO6/c1-17(16-38-21-8-9-22(24(33)34)23(28)15-21)6-7-18-10-12-32(13-11-18)25(35)26(36,27(29,30)31)19-4-3-5-20(14-19)37-2/h3-5,8-9,14-15,17-18,36H,6-7,10-13,16H2,1-2H3,(H,33,34)/t17-,26+/m0/s1. The average Bonchev–Trinajstić information content (AvgIpc) is 2.89. The Labute approximate surface area is 224 Å². The Morgan fingerprint density at radius 2 is 1.82 bits per heavy atom. The molecule has 0 saturated carbocycles. The number of halogens is 4. The zero-order valence-corrected chi connectivity index (χ0v) is 21.9. The number of carboxylic acid groups (broad SMARTS) is 1. The van der Waals surface area contributed by atoms with E-state index in [1.165, 1.54) is 31.4 Å². The van der Waals surface area contributed by atoms with E-state index in [4.69, 9.17) is 26.2 Å². The Morgan fingerprint density at radius 1 is 1.13 bits per heavy atom. The van der Waals surface area contributed by atoms with E-state index >= 15 is 0 Å². The van der Waals surface area contributed by atoms with Crippen LogP contribution in [-0.2, 0) is 10.4 Å². The number of alkyl halides is 3. The lowest BCUT2D eigenvalue weighted by atomic mass is 9.87. The van der Waals surface area contributed by atoms with Crippen LogP contribution in [0.15, 0.2) is 42.5 Å². The van der Waals surface area contributed by atoms with Gasteiger partial charge in [-0.05, 0) is 67.9 Å². The van der Waals surface area contributed by atoms with E-state index in [1.54, 1.807) is 6.07 Å². The third-order valence-electron chi connectivity index (χ3n) is 6.88. The summed E-state index contributed by atoms with van der Waals surface area (Å²) in [5.74, 6) is -1.54. The molecule has 1 aliphatic rings. The van der Waals surface area contributed by atoms with Gasteiger partial charge < -0.3 is 24.6 Å². The maximum absolute atomic E-state index is 14.0. The monoisotopic (exact) mass is 557 g/mol. The van der Waals surface area contributed by atoms with Crippen molar-refractivity contribution >= 4 is 23.5 Å². The zero-order valence-electron chi connectivity index (χ0n) is 21.1. The smallest absolute Gasteiger partial charge is 0.430 e. The van der Waals surface area contributed by atoms with Crippen LogP contribution in [0, 0.1) is 11.8 Å². The van der Waals surface area contributed by atoms with Crippen molar-refractivity contribution in [2.75, 3.05) is 26.8 Å². The number of carbonyl (C=O) groups is 2. The lowest BCUT2D eigenvalue weighted by molar-refractivity contribution is -0.262. The molecule has 0 radical (unpaired) electrons. The summed E-state index contributed by atoms with van der Waals surface area (Å²) in [7, 11) is 1.29. The highest BCUT2D eigenvalue weighted by atomic mass is 35.5. The Balaban J connectivity index is 1.52. The Kier molecular flexibility index (Phi) is 9.54. The van der Waals surface area contributed by atoms with Crippen LogP contribution >= 0.6 is 11.6 Å². The third-order valence-corrected chi connectivity index (χ3v) is 7.19. The Hall–Kier alpha value is -2.98. The highest BCUT2D eigenvalue weighted by molar-refractivity contribution is 6.33. The fraction of sp³-hybridized carbons (Fsp3) is 0.481. The number of hydrogen-bond donors (Lipinski definition) is 2. The number of rotatable bonds is 10. The summed E-state index contributed by atoms with van der Waals surface area (Å²) in [5.41, 5.74) is -4.25. The van der Waals surface area contributed by atoms with Crippen molar-refractivity contribution in [1.82, 2.24) is 4.90 Å². The van der Waals surface area contributed by atoms with Gasteiger partial charge in [0.1, 0.15) is 11.5 Å². The fourth-order valence-corrected chi connectivity index (χ4v) is 4.76. The van der Waals surface area contributed by atoms with Crippen molar-refractivity contribution < 1.29 is 42.4 Å². The van der Waals surface area contributed by atoms with Gasteiger partial charge in [0.2, 0.25) is 0 Å². The minimum Gasteiger partial charge on any atom is -0.497 e. The van der Waals surface area contributed by atoms with E-state index in [2.05, 4.69) is 0 Å². The maximum atomic E-state index is 14.0. The molecule has 1 amide bonds. The first-order valence-electron chi connectivity index (χ1n) is 12.3. The molecule has 0 bridgehead atoms. The number of piperidine rings is 1. The molecule has 0 unspecified atom stereocenters. The molecule has 0 aliphatic carbocycles. The molecule has 1 saturated heterocycles. The van der Waals surface area contributed by atoms with Gasteiger partial charge in [-0.25, -0.2) is 4.79 Å². The first-order valence-corrected chi connectivity index (χ1v) is 12.6. The summed E-state index contributed by atoms with van der Waals surface area (Å²) in [6.45, 7) is 2.62. The van der Waals surface area contributed by atoms with Crippen LogP contribution in [0.5, 0.6) is 11.5 Å². The van der Waals surface area contributed by atoms with Crippen molar-refractivity contribution in [3.05, 3.63) is 58.6 Å². The van der Waals surface area contributed by atoms with Crippen LogP contribution < -0.4 is 9.47 Å². The van der Waals surface area contributed by atoms with Gasteiger partial charge in [0.25, 0.3) is 11.5 Å². The predicted octanol–water partition coefficient (Wildman–Crippen LogP) is 5.53. The lowest BCUT2D eigenvalue weighted by Gasteiger charge is -2.38. The largest absolute Gasteiger partial charge is 0.497 e. The molecule has 11 heteroatoms. The molecule has 2 aromatic carbocycles. The fourth-order valence-electron chi connectivity index (χ4n) is 4.51. The number of benzene rings is 2. The van der Waals surface area contributed by atoms with Crippen molar-refractivity contribution in [3.8, 4) is 11.5 Å². The average molecular weight is 558 g/mol. The van der Waals surface area contributed by atoms with Gasteiger partial charge >= 0.3 is 12.1 Å². The molecule has 0 aromatic heterocycles. The van der Waals surface area contributed by atoms with Gasteiger partial charge in [0, 0.05) is 18.7 Å². The molecule has 3 rings (SSSR count). The second-order valence-electron chi connectivity index (χ2n) is 9.62. The minimum atomic E-state index is -5.21. The molecule has 2 N–H and O–H groups in total. The van der Waals surface area contributed by atoms with Gasteiger partial charge in [0.15, 0.2) is 0 Å². The number of aliphatic hydroxyl groups is 1. The number of carboxylic acids is 1. The van der Waals surface area contributed by atoms with Crippen LogP contribution in [0.3, 0.4) is 0 Å². The topological polar surface area (TPSA) is 96.3 Å². The van der Waals surface area contributed by atoms with Gasteiger partial charge in [-0.3, -0.25) is 4.79 Å². The highest BCUT2D eigenvalue weighted by Crippen LogP contribution is 2.42. The molecule has 2 aromatic rings. The predicted molar refractivity (Wildman–Crippen MR) is 135 cm³/mol. The van der Waals surface area contributed by atoms with Gasteiger partial charge in [-0.15, -0.1) is 0 Å². The summed E-state index contributed by atoms with van der Waals surface area (Å²) in [6.07, 6.45) is -2.54. The number of amides is 1. The molecule has 7 nitrogen and oxygen atoms in total. The summed E-state index contributed by atoms with van der Waals surface area (Å²) in [5, 5.41) is 19.8. The number of carbonyl (C=O) groups excluding carboxylic acids is 1. The van der Waals surface area contributed by atoms with Crippen molar-refractivity contribution in [2.45, 2.75) is 44.4 Å². The van der Waals surface area contributed by atoms with Crippen LogP contribution in [0.25, 0.3) is 0 Å². The van der Waals surface area contributed by atoms with E-state index in [0.29, 0.717) is 25.2 Å². The number of hydrogen-bond acceptors (Lipinski definition) is 5. The molecular weight excluding hydrogens is 527 g/mol. The van der Waals surface area contributed by atoms with Crippen molar-refractivity contribution in [3.63, 3.8) is 0 Å². The minimum absolute atomic E-state index is 0.00550. The quantitative estimate of drug-likeness (QED) is 0.399. The van der Waals surface area contributed by atoms with Crippen LogP contribution in [0.1, 0.15) is 48.5 Å². The third kappa shape index (κ3) is 6.71. The SMILES string of the molecule is COc1cccc([C@@](O)(C(=O)N2CCC(CC[C@H](C)COc3ccc(C(=O)O)c(Cl)c3)CC2)C(F)(F)F)c1. The number of likely N-dealkylation sites (tertiary alicyclic amines) is 1. The van der Waals surface area contributed by atoms with Crippen molar-refractivity contribution in [1.29, 1.82) is 0 Å². The number of nitrogens with zero attached hydrogens (tertiary/aromatic N) is 1. The Bertz CT molecular complexity index is 1140. The van der Waals surface area contributed by atoms with Crippen LogP contribution in [0.2, 0.25) is 5.02 Å². The number of ether oxygens (including phenoxy) is 2. The molecular formula is C27H31ClF3NO6. The van der Waals surface area contributed by atoms with Crippen LogP contribution in [0.4, 0.5) is 13.2 Å². The van der Waals surface area contributed by atoms with E-state index in [9.17, 15) is 27.9 Å². The van der Waals surface area contributed by atoms with Crippen molar-refractivity contribution in [2.24, 2.45) is 11.8 Å². The van der Waals surface area contributed by atoms with E-state index < -0.39 is 29.2 Å². The molecule has 1 heterocycles. The summed E-state index contributed by atoms with van der Waals surface area (Å²) < 4.78 is 52.7. The maximum Gasteiger partial charge on any atom is 0.430 e. The molecule has 0 spiro atoms. The van der Waals surface area contributed by atoms with E-state index in [-0.39, 0.29) is 41.3 Å². The van der Waals surface area contributed by atoms with Gasteiger partial charge in [-0.1, -0.05) is 30.7 Å². The lowest BCUT2D eigenvalue weighted by Crippen LogP contribution is -2.57. The van der Waals surface area contributed by atoms with E-state index in [0.717, 1.165) is 29.9 Å². The summed E-state index contributed by atoms with van der Waals surface area (Å²) in [6, 6.07) is 9.21. The van der Waals surface area contributed by atoms with E-state index in [1.807, 2.05) is 6.92 Å². The molecule has 1 aliphatic heterocycles. The normalized spacial score (nSPS) is 17.0. The second kappa shape index (κ2) is 12.3. The molecule has 208 valence electrons. The molecule has 2 atom stereocenters. The summed E-state index contributed by atoms with van der Waals surface area (Å²) >= 11 is 5.97. The van der Waals surface area contributed by atoms with Crippen LogP contribution in [-0.4, -0.2) is 60.0 Å². The number of aromatic carboxylic acids is 1. The summed E-state index contributed by atoms with van der Waals surface area (Å²) in [4.78, 5) is 25.1. The zero-order chi connectivity index (χ0) is 28.1. The first-order chi connectivity index (χ1) is 17.9. The highest BCUT2D eigenvalue weighted by Gasteiger charge is 2.62. The second-order valence-corrected chi connectivity index (χ2v) is 10.0. The first kappa shape index (κ1) is 29.6. The molecule has 1 fully saturated rings. The Morgan fingerprint density at radius 3 is 2.39 bits per heavy atom. The van der Waals surface area contributed by atoms with Gasteiger partial charge in [0.05, 0.1) is 24.3 Å². The van der Waals surface area contributed by atoms with Gasteiger partial charge in [-0.2, -0.15) is 13.2 Å². The molecule has 38 heavy (non-hydrogen) atoms.